The van der Waals surface area contributed by atoms with E-state index in [2.05, 4.69) is 0 Å². The van der Waals surface area contributed by atoms with Gasteiger partial charge in [0.15, 0.2) is 9.84 Å². The number of nitrogens with two attached hydrogens (primary N) is 1. The highest BCUT2D eigenvalue weighted by Gasteiger charge is 2.13. The molecule has 0 heterocycles. The van der Waals surface area contributed by atoms with E-state index in [1.807, 2.05) is 6.07 Å². The van der Waals surface area contributed by atoms with Gasteiger partial charge >= 0.3 is 0 Å². The summed E-state index contributed by atoms with van der Waals surface area (Å²) in [6.07, 6.45) is 1.06. The number of nitrogen functional groups attached to an aromatic ring is 1. The molecule has 2 N–H and O–H groups in total. The zero-order valence-corrected chi connectivity index (χ0v) is 7.80. The monoisotopic (exact) mass is 196 g/mol. The van der Waals surface area contributed by atoms with Gasteiger partial charge in [0.25, 0.3) is 0 Å². The zero-order chi connectivity index (χ0) is 10.1. The van der Waals surface area contributed by atoms with Gasteiger partial charge in [0.05, 0.1) is 16.1 Å². The van der Waals surface area contributed by atoms with Crippen LogP contribution in [-0.2, 0) is 9.84 Å². The Morgan fingerprint density at radius 2 is 2.08 bits per heavy atom. The second-order valence-electron chi connectivity index (χ2n) is 2.60. The lowest BCUT2D eigenvalue weighted by Crippen LogP contribution is -2.03. The van der Waals surface area contributed by atoms with Crippen molar-refractivity contribution in [2.75, 3.05) is 12.0 Å². The first kappa shape index (κ1) is 9.55. The molecule has 0 radical (unpaired) electrons. The van der Waals surface area contributed by atoms with Gasteiger partial charge in [0, 0.05) is 6.26 Å². The molecule has 0 spiro atoms. The zero-order valence-electron chi connectivity index (χ0n) is 6.98. The minimum Gasteiger partial charge on any atom is -0.397 e. The maximum Gasteiger partial charge on any atom is 0.177 e. The summed E-state index contributed by atoms with van der Waals surface area (Å²) in [7, 11) is -3.34. The third-order valence-electron chi connectivity index (χ3n) is 1.59. The molecule has 0 aliphatic heterocycles. The Balaban J connectivity index is 3.53. The number of benzene rings is 1. The van der Waals surface area contributed by atoms with Crippen molar-refractivity contribution in [3.8, 4) is 6.07 Å². The fourth-order valence-electron chi connectivity index (χ4n) is 0.965. The largest absolute Gasteiger partial charge is 0.397 e. The first-order valence-corrected chi connectivity index (χ1v) is 5.34. The molecule has 0 fully saturated rings. The van der Waals surface area contributed by atoms with E-state index < -0.39 is 9.84 Å². The smallest absolute Gasteiger partial charge is 0.177 e. The lowest BCUT2D eigenvalue weighted by molar-refractivity contribution is 0.602. The Labute approximate surface area is 76.5 Å². The summed E-state index contributed by atoms with van der Waals surface area (Å²) >= 11 is 0. The van der Waals surface area contributed by atoms with Crippen molar-refractivity contribution in [1.82, 2.24) is 0 Å². The molecule has 1 rings (SSSR count). The van der Waals surface area contributed by atoms with E-state index in [1.165, 1.54) is 18.2 Å². The Morgan fingerprint density at radius 1 is 1.46 bits per heavy atom. The van der Waals surface area contributed by atoms with Crippen LogP contribution in [0.2, 0.25) is 0 Å². The molecular formula is C8H8N2O2S. The summed E-state index contributed by atoms with van der Waals surface area (Å²) in [5.74, 6) is 0. The minimum absolute atomic E-state index is 0.00606. The van der Waals surface area contributed by atoms with E-state index in [4.69, 9.17) is 11.0 Å². The van der Waals surface area contributed by atoms with Crippen molar-refractivity contribution in [1.29, 1.82) is 5.26 Å². The molecule has 0 aliphatic rings. The van der Waals surface area contributed by atoms with Gasteiger partial charge in [0.1, 0.15) is 6.07 Å². The summed E-state index contributed by atoms with van der Waals surface area (Å²) in [4.78, 5) is 0.00606. The van der Waals surface area contributed by atoms with Gasteiger partial charge in [-0.25, -0.2) is 8.42 Å². The number of para-hydroxylation sites is 1. The average Bonchev–Trinajstić information content (AvgIpc) is 2.02. The SMILES string of the molecule is CS(=O)(=O)c1cccc(C#N)c1N. The molecule has 0 unspecified atom stereocenters. The van der Waals surface area contributed by atoms with Crippen molar-refractivity contribution in [2.24, 2.45) is 0 Å². The number of hydrogen-bond donors (Lipinski definition) is 1. The third-order valence-corrected chi connectivity index (χ3v) is 2.74. The highest BCUT2D eigenvalue weighted by atomic mass is 32.2. The lowest BCUT2D eigenvalue weighted by atomic mass is 10.2. The average molecular weight is 196 g/mol. The number of rotatable bonds is 1. The molecule has 0 amide bonds. The molecule has 0 aliphatic carbocycles. The molecule has 1 aromatic carbocycles. The Kier molecular flexibility index (Phi) is 2.26. The fourth-order valence-corrected chi connectivity index (χ4v) is 1.80. The summed E-state index contributed by atoms with van der Waals surface area (Å²) in [5, 5.41) is 8.58. The van der Waals surface area contributed by atoms with E-state index in [1.54, 1.807) is 0 Å². The third kappa shape index (κ3) is 1.79. The van der Waals surface area contributed by atoms with Crippen LogP contribution in [0.1, 0.15) is 5.56 Å². The van der Waals surface area contributed by atoms with Crippen molar-refractivity contribution < 1.29 is 8.42 Å². The van der Waals surface area contributed by atoms with Crippen molar-refractivity contribution >= 4 is 15.5 Å². The highest BCUT2D eigenvalue weighted by Crippen LogP contribution is 2.21. The molecule has 0 saturated heterocycles. The van der Waals surface area contributed by atoms with E-state index in [0.717, 1.165) is 6.26 Å². The molecule has 0 saturated carbocycles. The number of nitriles is 1. The predicted octanol–water partition coefficient (Wildman–Crippen LogP) is 0.544. The van der Waals surface area contributed by atoms with E-state index in [0.29, 0.717) is 0 Å². The molecule has 68 valence electrons. The molecular weight excluding hydrogens is 188 g/mol. The van der Waals surface area contributed by atoms with Crippen LogP contribution in [0.25, 0.3) is 0 Å². The van der Waals surface area contributed by atoms with Crippen LogP contribution < -0.4 is 5.73 Å². The minimum atomic E-state index is -3.34. The number of sulfone groups is 1. The van der Waals surface area contributed by atoms with E-state index in [-0.39, 0.29) is 16.1 Å². The maximum absolute atomic E-state index is 11.1. The summed E-state index contributed by atoms with van der Waals surface area (Å²) in [6.45, 7) is 0. The van der Waals surface area contributed by atoms with Crippen LogP contribution in [0.3, 0.4) is 0 Å². The number of hydrogen-bond acceptors (Lipinski definition) is 4. The standard InChI is InChI=1S/C8H8N2O2S/c1-13(11,12)7-4-2-3-6(5-9)8(7)10/h2-4H,10H2,1H3. The van der Waals surface area contributed by atoms with E-state index in [9.17, 15) is 8.42 Å². The molecule has 13 heavy (non-hydrogen) atoms. The highest BCUT2D eigenvalue weighted by molar-refractivity contribution is 7.90. The van der Waals surface area contributed by atoms with Gasteiger partial charge in [-0.2, -0.15) is 5.26 Å². The van der Waals surface area contributed by atoms with Gasteiger partial charge < -0.3 is 5.73 Å². The van der Waals surface area contributed by atoms with Crippen molar-refractivity contribution in [3.05, 3.63) is 23.8 Å². The van der Waals surface area contributed by atoms with E-state index >= 15 is 0 Å². The first-order valence-electron chi connectivity index (χ1n) is 3.45. The number of anilines is 1. The van der Waals surface area contributed by atoms with Crippen LogP contribution in [0, 0.1) is 11.3 Å². The molecule has 4 nitrogen and oxygen atoms in total. The van der Waals surface area contributed by atoms with Crippen LogP contribution in [0.15, 0.2) is 23.1 Å². The molecule has 0 atom stereocenters. The summed E-state index contributed by atoms with van der Waals surface area (Å²) in [6, 6.07) is 6.17. The van der Waals surface area contributed by atoms with Crippen LogP contribution in [0.4, 0.5) is 5.69 Å². The Morgan fingerprint density at radius 3 is 2.54 bits per heavy atom. The first-order chi connectivity index (χ1) is 5.96. The Bertz CT molecular complexity index is 471. The van der Waals surface area contributed by atoms with Gasteiger partial charge in [0.2, 0.25) is 0 Å². The van der Waals surface area contributed by atoms with Crippen molar-refractivity contribution in [3.63, 3.8) is 0 Å². The van der Waals surface area contributed by atoms with Crippen LogP contribution in [-0.4, -0.2) is 14.7 Å². The van der Waals surface area contributed by atoms with Crippen molar-refractivity contribution in [2.45, 2.75) is 4.90 Å². The predicted molar refractivity (Wildman–Crippen MR) is 48.7 cm³/mol. The molecule has 0 bridgehead atoms. The van der Waals surface area contributed by atoms with Gasteiger partial charge in [-0.3, -0.25) is 0 Å². The summed E-state index contributed by atoms with van der Waals surface area (Å²) in [5.41, 5.74) is 5.68. The molecule has 1 aromatic rings. The second-order valence-corrected chi connectivity index (χ2v) is 4.59. The molecule has 5 heteroatoms. The lowest BCUT2D eigenvalue weighted by Gasteiger charge is -2.03. The van der Waals surface area contributed by atoms with Crippen LogP contribution >= 0.6 is 0 Å². The van der Waals surface area contributed by atoms with Gasteiger partial charge in [-0.05, 0) is 12.1 Å². The van der Waals surface area contributed by atoms with Crippen LogP contribution in [0.5, 0.6) is 0 Å². The topological polar surface area (TPSA) is 84.0 Å². The Hall–Kier alpha value is -1.54. The van der Waals surface area contributed by atoms with Gasteiger partial charge in [-0.15, -0.1) is 0 Å². The normalized spacial score (nSPS) is 10.8. The molecule has 0 aromatic heterocycles. The number of nitrogens with zero attached hydrogens (tertiary/aromatic N) is 1. The maximum atomic E-state index is 11.1. The fraction of sp³-hybridized carbons (Fsp3) is 0.125. The quantitative estimate of drug-likeness (QED) is 0.664. The second kappa shape index (κ2) is 3.07. The summed E-state index contributed by atoms with van der Waals surface area (Å²) < 4.78 is 22.3. The van der Waals surface area contributed by atoms with Gasteiger partial charge in [-0.1, -0.05) is 6.07 Å².